The largest absolute Gasteiger partial charge is 0.459 e. The predicted octanol–water partition coefficient (Wildman–Crippen LogP) is 2.15. The molecule has 4 rings (SSSR count). The molecule has 0 saturated carbocycles. The van der Waals surface area contributed by atoms with E-state index in [0.29, 0.717) is 16.9 Å². The molecule has 0 aliphatic carbocycles. The van der Waals surface area contributed by atoms with Gasteiger partial charge in [0.2, 0.25) is 6.23 Å². The maximum Gasteiger partial charge on any atom is 0.284 e. The summed E-state index contributed by atoms with van der Waals surface area (Å²) in [5.41, 5.74) is 2.36. The van der Waals surface area contributed by atoms with E-state index in [2.05, 4.69) is 44.7 Å². The van der Waals surface area contributed by atoms with Gasteiger partial charge in [0.05, 0.1) is 6.26 Å². The standard InChI is InChI=1S/C18H20N4O3S/c1-22(2)13-7-5-12(6-8-13)16-19-10-14(24-16)11-26-18-21-20-17(25-18)15-4-3-9-23-15/h3-9,14,16,19H,10-11H2,1-2H3/p+1/t14-,16+/m0/s1. The Morgan fingerprint density at radius 3 is 2.77 bits per heavy atom. The molecule has 3 heterocycles. The zero-order valence-electron chi connectivity index (χ0n) is 14.7. The van der Waals surface area contributed by atoms with E-state index in [1.54, 1.807) is 18.4 Å². The highest BCUT2D eigenvalue weighted by molar-refractivity contribution is 7.99. The van der Waals surface area contributed by atoms with Crippen molar-refractivity contribution in [3.05, 3.63) is 48.2 Å². The summed E-state index contributed by atoms with van der Waals surface area (Å²) in [6.07, 6.45) is 1.76. The lowest BCUT2D eigenvalue weighted by Crippen LogP contribution is -2.82. The average Bonchev–Trinajstić information content (AvgIpc) is 3.40. The lowest BCUT2D eigenvalue weighted by Gasteiger charge is -2.14. The molecule has 0 radical (unpaired) electrons. The van der Waals surface area contributed by atoms with Gasteiger partial charge in [-0.3, -0.25) is 0 Å². The minimum Gasteiger partial charge on any atom is -0.459 e. The van der Waals surface area contributed by atoms with Gasteiger partial charge < -0.3 is 23.8 Å². The number of thioether (sulfide) groups is 1. The van der Waals surface area contributed by atoms with Crippen molar-refractivity contribution in [3.8, 4) is 11.7 Å². The minimum atomic E-state index is 0.0400. The highest BCUT2D eigenvalue weighted by Crippen LogP contribution is 2.26. The maximum atomic E-state index is 6.15. The summed E-state index contributed by atoms with van der Waals surface area (Å²) in [6.45, 7) is 0.909. The summed E-state index contributed by atoms with van der Waals surface area (Å²) in [7, 11) is 4.07. The van der Waals surface area contributed by atoms with Gasteiger partial charge in [-0.1, -0.05) is 11.8 Å². The van der Waals surface area contributed by atoms with Crippen LogP contribution in [0.2, 0.25) is 0 Å². The Hall–Kier alpha value is -2.29. The van der Waals surface area contributed by atoms with Crippen LogP contribution < -0.4 is 10.2 Å². The molecular formula is C18H21N4O3S+. The summed E-state index contributed by atoms with van der Waals surface area (Å²) in [5.74, 6) is 1.74. The average molecular weight is 373 g/mol. The lowest BCUT2D eigenvalue weighted by molar-refractivity contribution is -0.697. The zero-order valence-corrected chi connectivity index (χ0v) is 15.5. The number of furan rings is 1. The van der Waals surface area contributed by atoms with E-state index in [0.717, 1.165) is 12.3 Å². The molecule has 26 heavy (non-hydrogen) atoms. The lowest BCUT2D eigenvalue weighted by atomic mass is 10.2. The second-order valence-corrected chi connectivity index (χ2v) is 7.27. The van der Waals surface area contributed by atoms with Crippen LogP contribution in [0, 0.1) is 0 Å². The van der Waals surface area contributed by atoms with Crippen LogP contribution in [-0.2, 0) is 4.74 Å². The molecule has 1 aromatic carbocycles. The smallest absolute Gasteiger partial charge is 0.284 e. The Labute approximate surface area is 155 Å². The normalized spacial score (nSPS) is 19.8. The summed E-state index contributed by atoms with van der Waals surface area (Å²) in [4.78, 5) is 2.09. The zero-order chi connectivity index (χ0) is 17.9. The highest BCUT2D eigenvalue weighted by atomic mass is 32.2. The van der Waals surface area contributed by atoms with Crippen molar-refractivity contribution in [2.45, 2.75) is 17.6 Å². The van der Waals surface area contributed by atoms with Gasteiger partial charge in [-0.25, -0.2) is 0 Å². The van der Waals surface area contributed by atoms with Gasteiger partial charge in [0, 0.05) is 31.1 Å². The van der Waals surface area contributed by atoms with Gasteiger partial charge in [-0.05, 0) is 36.4 Å². The first kappa shape index (κ1) is 17.1. The van der Waals surface area contributed by atoms with Gasteiger partial charge in [0.15, 0.2) is 5.76 Å². The molecule has 136 valence electrons. The van der Waals surface area contributed by atoms with Crippen LogP contribution in [0.25, 0.3) is 11.7 Å². The Kier molecular flexibility index (Phi) is 4.96. The van der Waals surface area contributed by atoms with E-state index in [4.69, 9.17) is 13.6 Å². The van der Waals surface area contributed by atoms with Crippen LogP contribution in [0.3, 0.4) is 0 Å². The van der Waals surface area contributed by atoms with Crippen molar-refractivity contribution >= 4 is 17.4 Å². The third-order valence-electron chi connectivity index (χ3n) is 4.22. The molecule has 0 unspecified atom stereocenters. The van der Waals surface area contributed by atoms with Crippen LogP contribution in [0.5, 0.6) is 0 Å². The Bertz CT molecular complexity index is 833. The topological polar surface area (TPSA) is 81.1 Å². The van der Waals surface area contributed by atoms with Gasteiger partial charge in [0.25, 0.3) is 11.1 Å². The fourth-order valence-electron chi connectivity index (χ4n) is 2.81. The molecule has 2 atom stereocenters. The first-order valence-corrected chi connectivity index (χ1v) is 9.44. The summed E-state index contributed by atoms with van der Waals surface area (Å²) in [6, 6.07) is 12.1. The van der Waals surface area contributed by atoms with Crippen LogP contribution in [0.4, 0.5) is 5.69 Å². The molecule has 1 aliphatic rings. The van der Waals surface area contributed by atoms with E-state index in [1.165, 1.54) is 23.0 Å². The Morgan fingerprint density at radius 1 is 1.19 bits per heavy atom. The van der Waals surface area contributed by atoms with E-state index in [-0.39, 0.29) is 12.3 Å². The number of quaternary nitrogens is 1. The minimum absolute atomic E-state index is 0.0400. The number of hydrogen-bond donors (Lipinski definition) is 1. The molecule has 0 spiro atoms. The molecule has 0 bridgehead atoms. The van der Waals surface area contributed by atoms with Crippen LogP contribution in [-0.4, -0.2) is 42.7 Å². The van der Waals surface area contributed by atoms with Crippen molar-refractivity contribution in [2.75, 3.05) is 31.3 Å². The predicted molar refractivity (Wildman–Crippen MR) is 97.9 cm³/mol. The second kappa shape index (κ2) is 7.53. The SMILES string of the molecule is CN(C)c1ccc([C@@H]2[NH2+]C[C@@H](CSc3nnc(-c4ccco4)o3)O2)cc1. The Morgan fingerprint density at radius 2 is 2.04 bits per heavy atom. The Balaban J connectivity index is 1.30. The van der Waals surface area contributed by atoms with Crippen molar-refractivity contribution in [1.29, 1.82) is 0 Å². The van der Waals surface area contributed by atoms with E-state index in [1.807, 2.05) is 14.1 Å². The number of rotatable bonds is 6. The summed E-state index contributed by atoms with van der Waals surface area (Å²) in [5, 5.41) is 10.8. The first-order valence-electron chi connectivity index (χ1n) is 8.45. The van der Waals surface area contributed by atoms with Crippen molar-refractivity contribution in [2.24, 2.45) is 0 Å². The van der Waals surface area contributed by atoms with Crippen molar-refractivity contribution < 1.29 is 18.9 Å². The fraction of sp³-hybridized carbons (Fsp3) is 0.333. The molecule has 1 fully saturated rings. The molecule has 2 aromatic heterocycles. The quantitative estimate of drug-likeness (QED) is 0.663. The first-order chi connectivity index (χ1) is 12.7. The number of anilines is 1. The molecular weight excluding hydrogens is 352 g/mol. The highest BCUT2D eigenvalue weighted by Gasteiger charge is 2.30. The summed E-state index contributed by atoms with van der Waals surface area (Å²) < 4.78 is 17.0. The van der Waals surface area contributed by atoms with Gasteiger partial charge in [-0.15, -0.1) is 10.2 Å². The molecule has 3 aromatic rings. The number of nitrogens with two attached hydrogens (primary N) is 1. The van der Waals surface area contributed by atoms with Crippen molar-refractivity contribution in [1.82, 2.24) is 10.2 Å². The monoisotopic (exact) mass is 373 g/mol. The van der Waals surface area contributed by atoms with Crippen molar-refractivity contribution in [3.63, 3.8) is 0 Å². The van der Waals surface area contributed by atoms with E-state index >= 15 is 0 Å². The van der Waals surface area contributed by atoms with E-state index in [9.17, 15) is 0 Å². The van der Waals surface area contributed by atoms with Crippen LogP contribution in [0.15, 0.2) is 56.7 Å². The number of ether oxygens (including phenoxy) is 1. The van der Waals surface area contributed by atoms with Gasteiger partial charge in [0.1, 0.15) is 12.6 Å². The number of aromatic nitrogens is 2. The molecule has 1 saturated heterocycles. The molecule has 2 N–H and O–H groups in total. The third-order valence-corrected chi connectivity index (χ3v) is 5.17. The third kappa shape index (κ3) is 3.77. The maximum absolute atomic E-state index is 6.15. The number of benzene rings is 1. The summed E-state index contributed by atoms with van der Waals surface area (Å²) >= 11 is 1.51. The second-order valence-electron chi connectivity index (χ2n) is 6.30. The molecule has 1 aliphatic heterocycles. The number of nitrogens with zero attached hydrogens (tertiary/aromatic N) is 3. The van der Waals surface area contributed by atoms with Crippen LogP contribution in [0.1, 0.15) is 11.8 Å². The van der Waals surface area contributed by atoms with Crippen LogP contribution >= 0.6 is 11.8 Å². The molecule has 7 nitrogen and oxygen atoms in total. The van der Waals surface area contributed by atoms with Gasteiger partial charge in [-0.2, -0.15) is 0 Å². The number of hydrogen-bond acceptors (Lipinski definition) is 7. The molecule has 8 heteroatoms. The van der Waals surface area contributed by atoms with E-state index < -0.39 is 0 Å². The van der Waals surface area contributed by atoms with Gasteiger partial charge >= 0.3 is 0 Å². The fourth-order valence-corrected chi connectivity index (χ4v) is 3.59. The molecule has 0 amide bonds.